The molecule has 0 saturated carbocycles. The molecule has 0 bridgehead atoms. The lowest BCUT2D eigenvalue weighted by Gasteiger charge is -2.36. The van der Waals surface area contributed by atoms with Crippen LogP contribution in [0.2, 0.25) is 0 Å². The second-order valence-electron chi connectivity index (χ2n) is 7.42. The number of carbonyl (C=O) groups excluding carboxylic acids is 1. The third-order valence-corrected chi connectivity index (χ3v) is 5.36. The number of hydrogen-bond acceptors (Lipinski definition) is 4. The van der Waals surface area contributed by atoms with Crippen molar-refractivity contribution in [3.63, 3.8) is 0 Å². The Balaban J connectivity index is 0.00000225. The summed E-state index contributed by atoms with van der Waals surface area (Å²) >= 11 is 0. The number of ether oxygens (including phenoxy) is 1. The summed E-state index contributed by atoms with van der Waals surface area (Å²) in [6, 6.07) is 19.1. The van der Waals surface area contributed by atoms with E-state index in [9.17, 15) is 4.79 Å². The molecule has 6 heteroatoms. The van der Waals surface area contributed by atoms with E-state index in [-0.39, 0.29) is 30.8 Å². The number of unbranched alkanes of at least 4 members (excludes halogenated alkanes) is 1. The van der Waals surface area contributed by atoms with Gasteiger partial charge in [-0.15, -0.1) is 24.8 Å². The highest BCUT2D eigenvalue weighted by Crippen LogP contribution is 2.16. The van der Waals surface area contributed by atoms with Crippen molar-refractivity contribution in [2.45, 2.75) is 32.6 Å². The zero-order chi connectivity index (χ0) is 19.6. The summed E-state index contributed by atoms with van der Waals surface area (Å²) in [7, 11) is 0. The van der Waals surface area contributed by atoms with Crippen LogP contribution in [-0.2, 0) is 22.4 Å². The van der Waals surface area contributed by atoms with E-state index in [2.05, 4.69) is 64.4 Å². The first-order chi connectivity index (χ1) is 13.7. The Labute approximate surface area is 193 Å². The average molecular weight is 453 g/mol. The van der Waals surface area contributed by atoms with Crippen molar-refractivity contribution in [1.82, 2.24) is 4.90 Å². The minimum atomic E-state index is -0.150. The van der Waals surface area contributed by atoms with Gasteiger partial charge >= 0.3 is 5.97 Å². The van der Waals surface area contributed by atoms with Crippen LogP contribution in [0.4, 0.5) is 5.69 Å². The smallest absolute Gasteiger partial charge is 0.310 e. The zero-order valence-corrected chi connectivity index (χ0v) is 19.4. The molecule has 1 heterocycles. The van der Waals surface area contributed by atoms with Crippen LogP contribution in [0.1, 0.15) is 30.9 Å². The topological polar surface area (TPSA) is 32.8 Å². The molecule has 2 aromatic rings. The summed E-state index contributed by atoms with van der Waals surface area (Å²) in [4.78, 5) is 16.6. The maximum atomic E-state index is 11.5. The number of benzene rings is 2. The maximum absolute atomic E-state index is 11.5. The number of aryl methyl sites for hydroxylation is 1. The van der Waals surface area contributed by atoms with Gasteiger partial charge in [-0.3, -0.25) is 9.69 Å². The van der Waals surface area contributed by atoms with E-state index in [4.69, 9.17) is 4.74 Å². The summed E-state index contributed by atoms with van der Waals surface area (Å²) < 4.78 is 5.00. The Morgan fingerprint density at radius 2 is 1.50 bits per heavy atom. The summed E-state index contributed by atoms with van der Waals surface area (Å²) in [5, 5.41) is 0. The van der Waals surface area contributed by atoms with Crippen LogP contribution in [0, 0.1) is 0 Å². The molecule has 1 aliphatic heterocycles. The van der Waals surface area contributed by atoms with E-state index in [0.717, 1.165) is 38.2 Å². The molecule has 0 radical (unpaired) electrons. The summed E-state index contributed by atoms with van der Waals surface area (Å²) in [5.74, 6) is -0.150. The van der Waals surface area contributed by atoms with Gasteiger partial charge in [0.25, 0.3) is 0 Å². The standard InChI is InChI=1S/C24H32N2O2.2ClH/c1-2-28-24(27)20-22-13-11-21(12-14-22)8-6-7-15-25-16-18-26(19-17-25)23-9-4-3-5-10-23;;/h3-5,9-14H,2,6-8,15-20H2,1H3;2*1H. The molecule has 4 nitrogen and oxygen atoms in total. The van der Waals surface area contributed by atoms with Gasteiger partial charge in [-0.2, -0.15) is 0 Å². The zero-order valence-electron chi connectivity index (χ0n) is 17.8. The van der Waals surface area contributed by atoms with Gasteiger partial charge in [0.05, 0.1) is 13.0 Å². The van der Waals surface area contributed by atoms with Crippen molar-refractivity contribution < 1.29 is 9.53 Å². The number of carbonyl (C=O) groups is 1. The maximum Gasteiger partial charge on any atom is 0.310 e. The van der Waals surface area contributed by atoms with Crippen LogP contribution in [0.15, 0.2) is 54.6 Å². The van der Waals surface area contributed by atoms with Crippen molar-refractivity contribution in [2.75, 3.05) is 44.2 Å². The van der Waals surface area contributed by atoms with Crippen LogP contribution >= 0.6 is 24.8 Å². The molecule has 166 valence electrons. The number of esters is 1. The molecule has 0 aromatic heterocycles. The van der Waals surface area contributed by atoms with Crippen molar-refractivity contribution in [1.29, 1.82) is 0 Å². The lowest BCUT2D eigenvalue weighted by molar-refractivity contribution is -0.142. The highest BCUT2D eigenvalue weighted by Gasteiger charge is 2.16. The molecule has 0 aliphatic carbocycles. The molecule has 2 aromatic carbocycles. The van der Waals surface area contributed by atoms with Crippen molar-refractivity contribution >= 4 is 36.5 Å². The van der Waals surface area contributed by atoms with Gasteiger partial charge in [-0.1, -0.05) is 42.5 Å². The van der Waals surface area contributed by atoms with Crippen LogP contribution in [0.3, 0.4) is 0 Å². The number of para-hydroxylation sites is 1. The second kappa shape index (κ2) is 14.3. The predicted molar refractivity (Wildman–Crippen MR) is 129 cm³/mol. The Hall–Kier alpha value is -1.75. The van der Waals surface area contributed by atoms with Gasteiger partial charge in [-0.25, -0.2) is 0 Å². The summed E-state index contributed by atoms with van der Waals surface area (Å²) in [6.45, 7) is 8.00. The molecule has 3 rings (SSSR count). The first-order valence-electron chi connectivity index (χ1n) is 10.5. The monoisotopic (exact) mass is 452 g/mol. The lowest BCUT2D eigenvalue weighted by atomic mass is 10.0. The molecule has 0 unspecified atom stereocenters. The molecule has 1 saturated heterocycles. The number of halogens is 2. The van der Waals surface area contributed by atoms with Crippen LogP contribution in [0.25, 0.3) is 0 Å². The largest absolute Gasteiger partial charge is 0.466 e. The molecule has 30 heavy (non-hydrogen) atoms. The molecule has 1 aliphatic rings. The number of nitrogens with zero attached hydrogens (tertiary/aromatic N) is 2. The molecule has 0 amide bonds. The van der Waals surface area contributed by atoms with Gasteiger partial charge < -0.3 is 9.64 Å². The van der Waals surface area contributed by atoms with Crippen molar-refractivity contribution in [3.8, 4) is 0 Å². The first kappa shape index (κ1) is 26.3. The normalized spacial score (nSPS) is 13.8. The van der Waals surface area contributed by atoms with Gasteiger partial charge in [0.2, 0.25) is 0 Å². The molecule has 1 fully saturated rings. The number of rotatable bonds is 9. The quantitative estimate of drug-likeness (QED) is 0.404. The van der Waals surface area contributed by atoms with E-state index in [0.29, 0.717) is 13.0 Å². The van der Waals surface area contributed by atoms with Gasteiger partial charge in [0.1, 0.15) is 0 Å². The Morgan fingerprint density at radius 3 is 2.13 bits per heavy atom. The first-order valence-corrected chi connectivity index (χ1v) is 10.5. The minimum absolute atomic E-state index is 0. The van der Waals surface area contributed by atoms with E-state index in [1.807, 2.05) is 6.92 Å². The number of hydrogen-bond donors (Lipinski definition) is 0. The van der Waals surface area contributed by atoms with Crippen molar-refractivity contribution in [3.05, 3.63) is 65.7 Å². The minimum Gasteiger partial charge on any atom is -0.466 e. The van der Waals surface area contributed by atoms with E-state index >= 15 is 0 Å². The Morgan fingerprint density at radius 1 is 0.867 bits per heavy atom. The number of piperazine rings is 1. The van der Waals surface area contributed by atoms with Crippen molar-refractivity contribution in [2.24, 2.45) is 0 Å². The lowest BCUT2D eigenvalue weighted by Crippen LogP contribution is -2.46. The summed E-state index contributed by atoms with van der Waals surface area (Å²) in [5.41, 5.74) is 3.72. The third-order valence-electron chi connectivity index (χ3n) is 5.36. The molecular formula is C24H34Cl2N2O2. The number of anilines is 1. The average Bonchev–Trinajstić information content (AvgIpc) is 2.74. The Bertz CT molecular complexity index is 718. The molecule has 0 spiro atoms. The molecular weight excluding hydrogens is 419 g/mol. The fourth-order valence-electron chi connectivity index (χ4n) is 3.74. The molecule has 0 N–H and O–H groups in total. The van der Waals surface area contributed by atoms with Crippen LogP contribution < -0.4 is 4.90 Å². The second-order valence-corrected chi connectivity index (χ2v) is 7.42. The predicted octanol–water partition coefficient (Wildman–Crippen LogP) is 4.78. The van der Waals surface area contributed by atoms with Gasteiger partial charge in [0, 0.05) is 31.9 Å². The SMILES string of the molecule is CCOC(=O)Cc1ccc(CCCCN2CCN(c3ccccc3)CC2)cc1.Cl.Cl. The highest BCUT2D eigenvalue weighted by molar-refractivity contribution is 5.85. The van der Waals surface area contributed by atoms with Gasteiger partial charge in [-0.05, 0) is 56.0 Å². The van der Waals surface area contributed by atoms with Gasteiger partial charge in [0.15, 0.2) is 0 Å². The summed E-state index contributed by atoms with van der Waals surface area (Å²) in [6.07, 6.45) is 3.90. The molecule has 0 atom stereocenters. The van der Waals surface area contributed by atoms with E-state index in [1.165, 1.54) is 30.6 Å². The van der Waals surface area contributed by atoms with E-state index < -0.39 is 0 Å². The van der Waals surface area contributed by atoms with E-state index in [1.54, 1.807) is 0 Å². The fraction of sp³-hybridized carbons (Fsp3) is 0.458. The fourth-order valence-corrected chi connectivity index (χ4v) is 3.74. The third kappa shape index (κ3) is 8.55. The Kier molecular flexibility index (Phi) is 12.5. The highest BCUT2D eigenvalue weighted by atomic mass is 35.5. The van der Waals surface area contributed by atoms with Crippen LogP contribution in [0.5, 0.6) is 0 Å². The van der Waals surface area contributed by atoms with Crippen LogP contribution in [-0.4, -0.2) is 50.2 Å².